The number of carbonyl (C=O) groups excluding carboxylic acids is 2. The van der Waals surface area contributed by atoms with Gasteiger partial charge in [-0.05, 0) is 75.1 Å². The number of allylic oxidation sites excluding steroid dienone is 2. The quantitative estimate of drug-likeness (QED) is 0.182. The van der Waals surface area contributed by atoms with Crippen LogP contribution in [0.5, 0.6) is 5.75 Å². The topological polar surface area (TPSA) is 49.9 Å². The van der Waals surface area contributed by atoms with Crippen molar-refractivity contribution in [3.63, 3.8) is 0 Å². The van der Waals surface area contributed by atoms with E-state index in [4.69, 9.17) is 4.74 Å². The van der Waals surface area contributed by atoms with E-state index in [-0.39, 0.29) is 11.8 Å². The molecule has 5 heteroatoms. The van der Waals surface area contributed by atoms with Gasteiger partial charge in [0, 0.05) is 24.0 Å². The molecule has 0 saturated heterocycles. The zero-order valence-electron chi connectivity index (χ0n) is 21.5. The number of carbonyl (C=O) groups is 2. The fraction of sp³-hybridized carbons (Fsp3) is 0.419. The maximum Gasteiger partial charge on any atom is 0.261 e. The molecule has 0 N–H and O–H groups in total. The molecule has 2 aliphatic rings. The third-order valence-electron chi connectivity index (χ3n) is 7.26. The average molecular weight is 487 g/mol. The average Bonchev–Trinajstić information content (AvgIpc) is 3.17. The summed E-state index contributed by atoms with van der Waals surface area (Å²) in [5.74, 6) is 0.548. The smallest absolute Gasteiger partial charge is 0.261 e. The molecule has 1 fully saturated rings. The molecule has 4 rings (SSSR count). The van der Waals surface area contributed by atoms with Crippen molar-refractivity contribution in [2.45, 2.75) is 70.8 Å². The molecule has 2 aromatic rings. The first kappa shape index (κ1) is 25.7. The van der Waals surface area contributed by atoms with Crippen molar-refractivity contribution in [3.05, 3.63) is 84.1 Å². The number of fused-ring (bicyclic) bond motifs is 1. The van der Waals surface area contributed by atoms with Crippen LogP contribution in [-0.4, -0.2) is 35.9 Å². The number of nitrogens with zero attached hydrogens (tertiary/aromatic N) is 2. The van der Waals surface area contributed by atoms with Gasteiger partial charge in [-0.15, -0.1) is 0 Å². The molecule has 1 heterocycles. The molecule has 0 radical (unpaired) electrons. The first-order valence-electron chi connectivity index (χ1n) is 13.4. The van der Waals surface area contributed by atoms with Crippen molar-refractivity contribution in [1.82, 2.24) is 4.90 Å². The van der Waals surface area contributed by atoms with Gasteiger partial charge < -0.3 is 9.64 Å². The van der Waals surface area contributed by atoms with E-state index in [0.717, 1.165) is 37.1 Å². The van der Waals surface area contributed by atoms with Crippen LogP contribution >= 0.6 is 0 Å². The van der Waals surface area contributed by atoms with Gasteiger partial charge in [-0.1, -0.05) is 56.9 Å². The minimum Gasteiger partial charge on any atom is -0.494 e. The summed E-state index contributed by atoms with van der Waals surface area (Å²) in [6, 6.07) is 16.0. The lowest BCUT2D eigenvalue weighted by atomic mass is 9.93. The second kappa shape index (κ2) is 12.6. The highest BCUT2D eigenvalue weighted by Crippen LogP contribution is 2.32. The van der Waals surface area contributed by atoms with E-state index in [1.165, 1.54) is 42.7 Å². The number of imide groups is 1. The van der Waals surface area contributed by atoms with Crippen LogP contribution in [0.15, 0.2) is 73.0 Å². The number of rotatable bonds is 12. The Hall–Kier alpha value is -3.34. The molecule has 36 heavy (non-hydrogen) atoms. The summed E-state index contributed by atoms with van der Waals surface area (Å²) in [6.45, 7) is 7.24. The van der Waals surface area contributed by atoms with Crippen molar-refractivity contribution in [1.29, 1.82) is 0 Å². The Morgan fingerprint density at radius 2 is 1.58 bits per heavy atom. The van der Waals surface area contributed by atoms with Crippen LogP contribution in [-0.2, 0) is 0 Å². The number of unbranched alkanes of at least 4 members (excludes halogenated alkanes) is 3. The molecule has 2 aromatic carbocycles. The lowest BCUT2D eigenvalue weighted by Gasteiger charge is -2.37. The summed E-state index contributed by atoms with van der Waals surface area (Å²) in [6.07, 6.45) is 14.1. The summed E-state index contributed by atoms with van der Waals surface area (Å²) in [5, 5.41) is 0. The third-order valence-corrected chi connectivity index (χ3v) is 7.26. The lowest BCUT2D eigenvalue weighted by molar-refractivity contribution is 0.0651. The standard InChI is InChI=1S/C31H38N2O3/c1-3-24(4-2)33(25-14-8-7-9-15-25)26-18-20-27(21-19-26)36-23-13-6-5-12-22-32-30(34)28-16-10-11-17-29(28)31(32)35/h3-4,10-11,16-21,25H,1,5-9,12-15,22-23H2,2H3/b24-4+. The minimum absolute atomic E-state index is 0.168. The van der Waals surface area contributed by atoms with Crippen LogP contribution in [0.25, 0.3) is 0 Å². The second-order valence-electron chi connectivity index (χ2n) is 9.64. The molecular weight excluding hydrogens is 448 g/mol. The normalized spacial score (nSPS) is 16.2. The van der Waals surface area contributed by atoms with Gasteiger partial charge in [0.15, 0.2) is 0 Å². The Morgan fingerprint density at radius 1 is 0.944 bits per heavy atom. The van der Waals surface area contributed by atoms with Crippen molar-refractivity contribution in [2.24, 2.45) is 0 Å². The molecular formula is C31H38N2O3. The molecule has 1 aliphatic carbocycles. The van der Waals surface area contributed by atoms with Gasteiger partial charge >= 0.3 is 0 Å². The minimum atomic E-state index is -0.168. The number of hydrogen-bond donors (Lipinski definition) is 0. The summed E-state index contributed by atoms with van der Waals surface area (Å²) >= 11 is 0. The van der Waals surface area contributed by atoms with Crippen LogP contribution in [0.4, 0.5) is 5.69 Å². The molecule has 0 spiro atoms. The highest BCUT2D eigenvalue weighted by molar-refractivity contribution is 6.21. The van der Waals surface area contributed by atoms with Crippen LogP contribution in [0.2, 0.25) is 0 Å². The van der Waals surface area contributed by atoms with Crippen molar-refractivity contribution in [2.75, 3.05) is 18.1 Å². The molecule has 0 unspecified atom stereocenters. The molecule has 5 nitrogen and oxygen atoms in total. The van der Waals surface area contributed by atoms with E-state index in [9.17, 15) is 9.59 Å². The van der Waals surface area contributed by atoms with Gasteiger partial charge in [-0.3, -0.25) is 14.5 Å². The lowest BCUT2D eigenvalue weighted by Crippen LogP contribution is -2.35. The predicted octanol–water partition coefficient (Wildman–Crippen LogP) is 7.15. The Balaban J connectivity index is 1.19. The van der Waals surface area contributed by atoms with E-state index >= 15 is 0 Å². The fourth-order valence-corrected chi connectivity index (χ4v) is 5.33. The highest BCUT2D eigenvalue weighted by atomic mass is 16.5. The van der Waals surface area contributed by atoms with Gasteiger partial charge in [0.1, 0.15) is 5.75 Å². The number of anilines is 1. The first-order chi connectivity index (χ1) is 17.6. The van der Waals surface area contributed by atoms with E-state index < -0.39 is 0 Å². The molecule has 0 bridgehead atoms. The maximum atomic E-state index is 12.4. The zero-order valence-corrected chi connectivity index (χ0v) is 21.5. The maximum absolute atomic E-state index is 12.4. The van der Waals surface area contributed by atoms with Gasteiger partial charge in [0.25, 0.3) is 11.8 Å². The Bertz CT molecular complexity index is 1050. The SMILES string of the molecule is C=C/C(=C\C)N(c1ccc(OCCCCCCN2C(=O)c3ccccc3C2=O)cc1)C1CCCCC1. The Labute approximate surface area is 215 Å². The fourth-order valence-electron chi connectivity index (χ4n) is 5.33. The van der Waals surface area contributed by atoms with Crippen molar-refractivity contribution >= 4 is 17.5 Å². The molecule has 2 amide bonds. The van der Waals surface area contributed by atoms with Crippen LogP contribution in [0.3, 0.4) is 0 Å². The van der Waals surface area contributed by atoms with Gasteiger partial charge in [-0.25, -0.2) is 0 Å². The van der Waals surface area contributed by atoms with E-state index in [0.29, 0.717) is 30.3 Å². The number of benzene rings is 2. The molecule has 1 aliphatic heterocycles. The van der Waals surface area contributed by atoms with Crippen LogP contribution < -0.4 is 9.64 Å². The van der Waals surface area contributed by atoms with E-state index in [1.807, 2.05) is 6.08 Å². The summed E-state index contributed by atoms with van der Waals surface area (Å²) in [7, 11) is 0. The molecule has 0 atom stereocenters. The summed E-state index contributed by atoms with van der Waals surface area (Å²) in [5.41, 5.74) is 3.40. The number of amides is 2. The number of hydrogen-bond acceptors (Lipinski definition) is 4. The molecule has 1 saturated carbocycles. The van der Waals surface area contributed by atoms with Crippen LogP contribution in [0.1, 0.15) is 85.4 Å². The Kier molecular flexibility index (Phi) is 8.99. The Morgan fingerprint density at radius 3 is 2.19 bits per heavy atom. The van der Waals surface area contributed by atoms with Crippen molar-refractivity contribution < 1.29 is 14.3 Å². The predicted molar refractivity (Wildman–Crippen MR) is 146 cm³/mol. The van der Waals surface area contributed by atoms with E-state index in [2.05, 4.69) is 48.7 Å². The monoisotopic (exact) mass is 486 g/mol. The summed E-state index contributed by atoms with van der Waals surface area (Å²) < 4.78 is 5.98. The van der Waals surface area contributed by atoms with Crippen LogP contribution in [0, 0.1) is 0 Å². The summed E-state index contributed by atoms with van der Waals surface area (Å²) in [4.78, 5) is 28.7. The first-order valence-corrected chi connectivity index (χ1v) is 13.4. The largest absolute Gasteiger partial charge is 0.494 e. The van der Waals surface area contributed by atoms with Gasteiger partial charge in [-0.2, -0.15) is 0 Å². The molecule has 0 aromatic heterocycles. The third kappa shape index (κ3) is 5.89. The molecule has 190 valence electrons. The van der Waals surface area contributed by atoms with E-state index in [1.54, 1.807) is 24.3 Å². The van der Waals surface area contributed by atoms with Gasteiger partial charge in [0.2, 0.25) is 0 Å². The second-order valence-corrected chi connectivity index (χ2v) is 9.64. The van der Waals surface area contributed by atoms with Crippen molar-refractivity contribution in [3.8, 4) is 5.75 Å². The number of ether oxygens (including phenoxy) is 1. The van der Waals surface area contributed by atoms with Gasteiger partial charge in [0.05, 0.1) is 17.7 Å². The highest BCUT2D eigenvalue weighted by Gasteiger charge is 2.34. The zero-order chi connectivity index (χ0) is 25.3.